The van der Waals surface area contributed by atoms with Crippen molar-refractivity contribution in [3.63, 3.8) is 0 Å². The van der Waals surface area contributed by atoms with Crippen LogP contribution >= 0.6 is 0 Å². The molecule has 0 saturated heterocycles. The number of hydrogen-bond donors (Lipinski definition) is 1. The van der Waals surface area contributed by atoms with Crippen LogP contribution in [0.4, 0.5) is 0 Å². The lowest BCUT2D eigenvalue weighted by Crippen LogP contribution is -2.40. The molecule has 0 aliphatic carbocycles. The lowest BCUT2D eigenvalue weighted by Gasteiger charge is -2.34. The largest absolute Gasteiger partial charge is 0.481 e. The monoisotopic (exact) mass is 301 g/mol. The van der Waals surface area contributed by atoms with E-state index in [-0.39, 0.29) is 24.5 Å². The van der Waals surface area contributed by atoms with Crippen molar-refractivity contribution in [1.29, 1.82) is 0 Å². The predicted octanol–water partition coefficient (Wildman–Crippen LogP) is 2.37. The van der Waals surface area contributed by atoms with E-state index in [9.17, 15) is 14.4 Å². The average molecular weight is 301 g/mol. The number of carboxylic acid groups (broad SMARTS) is 1. The number of carboxylic acids is 1. The lowest BCUT2D eigenvalue weighted by atomic mass is 9.87. The second kappa shape index (κ2) is 6.56. The van der Waals surface area contributed by atoms with Crippen LogP contribution in [0.15, 0.2) is 41.6 Å². The van der Waals surface area contributed by atoms with E-state index in [4.69, 9.17) is 5.11 Å². The number of ketones is 1. The van der Waals surface area contributed by atoms with Crippen LogP contribution in [0.3, 0.4) is 0 Å². The maximum Gasteiger partial charge on any atom is 0.304 e. The first-order valence-corrected chi connectivity index (χ1v) is 7.18. The van der Waals surface area contributed by atoms with Crippen LogP contribution in [0.1, 0.15) is 32.3 Å². The Bertz CT molecular complexity index is 633. The van der Waals surface area contributed by atoms with E-state index in [0.717, 1.165) is 5.56 Å². The fraction of sp³-hybridized carbons (Fsp3) is 0.353. The van der Waals surface area contributed by atoms with Crippen molar-refractivity contribution >= 4 is 17.7 Å². The van der Waals surface area contributed by atoms with Crippen molar-refractivity contribution < 1.29 is 19.5 Å². The molecule has 1 aromatic rings. The first kappa shape index (κ1) is 15.9. The molecular weight excluding hydrogens is 282 g/mol. The quantitative estimate of drug-likeness (QED) is 0.906. The number of carbonyl (C=O) groups is 3. The number of nitrogens with zero attached hydrogens (tertiary/aromatic N) is 1. The summed E-state index contributed by atoms with van der Waals surface area (Å²) in [5, 5.41) is 8.98. The Hall–Kier alpha value is -2.43. The van der Waals surface area contributed by atoms with Crippen LogP contribution in [-0.4, -0.2) is 27.7 Å². The highest BCUT2D eigenvalue weighted by Gasteiger charge is 2.35. The minimum absolute atomic E-state index is 0.113. The van der Waals surface area contributed by atoms with Gasteiger partial charge >= 0.3 is 5.97 Å². The molecule has 5 nitrogen and oxygen atoms in total. The van der Waals surface area contributed by atoms with Gasteiger partial charge in [-0.2, -0.15) is 0 Å². The van der Waals surface area contributed by atoms with E-state index in [1.165, 1.54) is 11.8 Å². The standard InChI is InChI=1S/C17H19NO4/c1-11-15(12(2)19)8-14(9-16(20)21)17(22)18(11)10-13-6-4-3-5-7-13/h3-7,14H,8-10H2,1-2H3,(H,20,21). The molecular formula is C17H19NO4. The normalized spacial score (nSPS) is 18.5. The Kier molecular flexibility index (Phi) is 4.75. The van der Waals surface area contributed by atoms with Gasteiger partial charge in [0.05, 0.1) is 18.9 Å². The van der Waals surface area contributed by atoms with Crippen LogP contribution < -0.4 is 0 Å². The van der Waals surface area contributed by atoms with E-state index >= 15 is 0 Å². The summed E-state index contributed by atoms with van der Waals surface area (Å²) >= 11 is 0. The van der Waals surface area contributed by atoms with Crippen LogP contribution in [-0.2, 0) is 20.9 Å². The number of aliphatic carboxylic acids is 1. The zero-order valence-corrected chi connectivity index (χ0v) is 12.7. The van der Waals surface area contributed by atoms with Crippen molar-refractivity contribution in [2.24, 2.45) is 5.92 Å². The molecule has 5 heteroatoms. The zero-order chi connectivity index (χ0) is 16.3. The number of hydrogen-bond acceptors (Lipinski definition) is 3. The number of allylic oxidation sites excluding steroid dienone is 2. The Morgan fingerprint density at radius 2 is 1.91 bits per heavy atom. The van der Waals surface area contributed by atoms with Gasteiger partial charge in [-0.1, -0.05) is 30.3 Å². The number of carbonyl (C=O) groups excluding carboxylic acids is 2. The maximum absolute atomic E-state index is 12.6. The smallest absolute Gasteiger partial charge is 0.304 e. The number of amides is 1. The molecule has 1 atom stereocenters. The molecule has 0 aromatic heterocycles. The molecule has 1 unspecified atom stereocenters. The molecule has 1 heterocycles. The van der Waals surface area contributed by atoms with Gasteiger partial charge in [0.2, 0.25) is 5.91 Å². The van der Waals surface area contributed by atoms with Crippen molar-refractivity contribution in [3.05, 3.63) is 47.2 Å². The van der Waals surface area contributed by atoms with E-state index < -0.39 is 11.9 Å². The Morgan fingerprint density at radius 1 is 1.27 bits per heavy atom. The highest BCUT2D eigenvalue weighted by atomic mass is 16.4. The summed E-state index contributed by atoms with van der Waals surface area (Å²) in [6.07, 6.45) is -0.0498. The van der Waals surface area contributed by atoms with Crippen molar-refractivity contribution in [1.82, 2.24) is 4.90 Å². The molecule has 0 fully saturated rings. The van der Waals surface area contributed by atoms with Crippen LogP contribution in [0.5, 0.6) is 0 Å². The highest BCUT2D eigenvalue weighted by Crippen LogP contribution is 2.31. The first-order valence-electron chi connectivity index (χ1n) is 7.18. The molecule has 116 valence electrons. The third-order valence-corrected chi connectivity index (χ3v) is 3.94. The topological polar surface area (TPSA) is 74.7 Å². The zero-order valence-electron chi connectivity index (χ0n) is 12.7. The SMILES string of the molecule is CC(=O)C1=C(C)N(Cc2ccccc2)C(=O)C(CC(=O)O)C1. The van der Waals surface area contributed by atoms with Crippen LogP contribution in [0, 0.1) is 5.92 Å². The van der Waals surface area contributed by atoms with Gasteiger partial charge in [0.1, 0.15) is 0 Å². The summed E-state index contributed by atoms with van der Waals surface area (Å²) in [6, 6.07) is 9.44. The molecule has 0 radical (unpaired) electrons. The molecule has 0 saturated carbocycles. The van der Waals surface area contributed by atoms with Gasteiger partial charge in [0.15, 0.2) is 5.78 Å². The van der Waals surface area contributed by atoms with E-state index in [0.29, 0.717) is 17.8 Å². The van der Waals surface area contributed by atoms with Gasteiger partial charge in [-0.05, 0) is 25.8 Å². The predicted molar refractivity (Wildman–Crippen MR) is 80.7 cm³/mol. The third kappa shape index (κ3) is 3.42. The molecule has 1 aromatic carbocycles. The van der Waals surface area contributed by atoms with Crippen molar-refractivity contribution in [2.45, 2.75) is 33.2 Å². The molecule has 22 heavy (non-hydrogen) atoms. The Labute approximate surface area is 129 Å². The van der Waals surface area contributed by atoms with Crippen LogP contribution in [0.2, 0.25) is 0 Å². The fourth-order valence-corrected chi connectivity index (χ4v) is 2.76. The van der Waals surface area contributed by atoms with Gasteiger partial charge < -0.3 is 10.0 Å². The van der Waals surface area contributed by atoms with Gasteiger partial charge in [-0.15, -0.1) is 0 Å². The first-order chi connectivity index (χ1) is 10.4. The van der Waals surface area contributed by atoms with Crippen LogP contribution in [0.25, 0.3) is 0 Å². The van der Waals surface area contributed by atoms with Crippen molar-refractivity contribution in [3.8, 4) is 0 Å². The summed E-state index contributed by atoms with van der Waals surface area (Å²) in [6.45, 7) is 3.54. The number of benzene rings is 1. The molecule has 1 amide bonds. The molecule has 0 spiro atoms. The van der Waals surface area contributed by atoms with E-state index in [2.05, 4.69) is 0 Å². The number of Topliss-reactive ketones (excluding diaryl/α,β-unsaturated/α-hetero) is 1. The van der Waals surface area contributed by atoms with E-state index in [1.807, 2.05) is 30.3 Å². The third-order valence-electron chi connectivity index (χ3n) is 3.94. The van der Waals surface area contributed by atoms with Gasteiger partial charge in [-0.3, -0.25) is 14.4 Å². The molecule has 0 bridgehead atoms. The highest BCUT2D eigenvalue weighted by molar-refractivity contribution is 5.98. The maximum atomic E-state index is 12.6. The average Bonchev–Trinajstić information content (AvgIpc) is 2.46. The second-order valence-electron chi connectivity index (χ2n) is 5.53. The number of rotatable bonds is 5. The van der Waals surface area contributed by atoms with Gasteiger partial charge in [0, 0.05) is 11.3 Å². The Balaban J connectivity index is 2.34. The van der Waals surface area contributed by atoms with Gasteiger partial charge in [-0.25, -0.2) is 0 Å². The fourth-order valence-electron chi connectivity index (χ4n) is 2.76. The minimum Gasteiger partial charge on any atom is -0.481 e. The van der Waals surface area contributed by atoms with E-state index in [1.54, 1.807) is 6.92 Å². The summed E-state index contributed by atoms with van der Waals surface area (Å²) in [7, 11) is 0. The second-order valence-corrected chi connectivity index (χ2v) is 5.53. The molecule has 2 rings (SSSR count). The lowest BCUT2D eigenvalue weighted by molar-refractivity contribution is -0.144. The minimum atomic E-state index is -1.03. The summed E-state index contributed by atoms with van der Waals surface area (Å²) in [4.78, 5) is 36.9. The molecule has 1 aliphatic rings. The summed E-state index contributed by atoms with van der Waals surface area (Å²) in [5.74, 6) is -2.04. The Morgan fingerprint density at radius 3 is 2.45 bits per heavy atom. The molecule has 1 aliphatic heterocycles. The summed E-state index contributed by atoms with van der Waals surface area (Å²) in [5.41, 5.74) is 2.11. The van der Waals surface area contributed by atoms with Gasteiger partial charge in [0.25, 0.3) is 0 Å². The molecule has 1 N–H and O–H groups in total. The summed E-state index contributed by atoms with van der Waals surface area (Å²) < 4.78 is 0. The van der Waals surface area contributed by atoms with Crippen molar-refractivity contribution in [2.75, 3.05) is 0 Å².